The summed E-state index contributed by atoms with van der Waals surface area (Å²) < 4.78 is 32.0. The molecule has 1 aromatic rings. The Balaban J connectivity index is 3.02. The molecule has 1 unspecified atom stereocenters. The summed E-state index contributed by atoms with van der Waals surface area (Å²) >= 11 is 6.10. The van der Waals surface area contributed by atoms with E-state index in [1.165, 1.54) is 0 Å². The normalized spacial score (nSPS) is 13.7. The highest BCUT2D eigenvalue weighted by Gasteiger charge is 2.20. The van der Waals surface area contributed by atoms with Gasteiger partial charge in [-0.1, -0.05) is 18.2 Å². The fraction of sp³-hybridized carbons (Fsp3) is 0.538. The molecule has 0 bridgehead atoms. The molecule has 0 aliphatic rings. The molecule has 0 radical (unpaired) electrons. The van der Waals surface area contributed by atoms with Gasteiger partial charge in [0.2, 0.25) is 10.0 Å². The Kier molecular flexibility index (Phi) is 6.26. The second-order valence-corrected chi connectivity index (χ2v) is 6.94. The molecule has 0 saturated carbocycles. The summed E-state index contributed by atoms with van der Waals surface area (Å²) in [4.78, 5) is 0.283. The Morgan fingerprint density at radius 2 is 1.95 bits per heavy atom. The Hall–Kier alpha value is -0.620. The zero-order chi connectivity index (χ0) is 14.5. The molecule has 4 nitrogen and oxygen atoms in total. The van der Waals surface area contributed by atoms with Gasteiger partial charge in [-0.2, -0.15) is 0 Å². The molecule has 0 aliphatic carbocycles. The van der Waals surface area contributed by atoms with Gasteiger partial charge >= 0.3 is 0 Å². The molecule has 0 spiro atoms. The number of halogens is 1. The first kappa shape index (κ1) is 16.4. The number of nitrogens with one attached hydrogen (secondary N) is 1. The Labute approximate surface area is 120 Å². The van der Waals surface area contributed by atoms with E-state index in [2.05, 4.69) is 4.72 Å². The van der Waals surface area contributed by atoms with Gasteiger partial charge in [-0.15, -0.1) is 11.6 Å². The molecule has 1 N–H and O–H groups in total. The van der Waals surface area contributed by atoms with Crippen molar-refractivity contribution in [2.75, 3.05) is 13.7 Å². The van der Waals surface area contributed by atoms with Gasteiger partial charge in [-0.3, -0.25) is 0 Å². The van der Waals surface area contributed by atoms with Gasteiger partial charge in [0.15, 0.2) is 0 Å². The lowest BCUT2D eigenvalue weighted by atomic mass is 10.1. The summed E-state index contributed by atoms with van der Waals surface area (Å²) in [7, 11) is -1.93. The van der Waals surface area contributed by atoms with Crippen molar-refractivity contribution in [2.24, 2.45) is 0 Å². The van der Waals surface area contributed by atoms with Crippen molar-refractivity contribution in [3.8, 4) is 0 Å². The average molecular weight is 306 g/mol. The zero-order valence-corrected chi connectivity index (χ0v) is 13.0. The number of ether oxygens (including phenoxy) is 1. The van der Waals surface area contributed by atoms with Crippen molar-refractivity contribution in [3.63, 3.8) is 0 Å². The first-order valence-corrected chi connectivity index (χ1v) is 8.02. The molecule has 1 rings (SSSR count). The number of alkyl halides is 1. The summed E-state index contributed by atoms with van der Waals surface area (Å²) in [6.45, 7) is 3.96. The SMILES string of the molecule is COCC(Cl)Cc1ccccc1S(=O)(=O)NC(C)C. The Morgan fingerprint density at radius 3 is 2.53 bits per heavy atom. The number of hydrogen-bond acceptors (Lipinski definition) is 3. The highest BCUT2D eigenvalue weighted by atomic mass is 35.5. The summed E-state index contributed by atoms with van der Waals surface area (Å²) in [6.07, 6.45) is 0.449. The van der Waals surface area contributed by atoms with Crippen molar-refractivity contribution in [1.82, 2.24) is 4.72 Å². The van der Waals surface area contributed by atoms with Crippen LogP contribution in [0.5, 0.6) is 0 Å². The van der Waals surface area contributed by atoms with Crippen LogP contribution in [-0.2, 0) is 21.2 Å². The maximum absolute atomic E-state index is 12.2. The fourth-order valence-corrected chi connectivity index (χ4v) is 3.58. The van der Waals surface area contributed by atoms with E-state index < -0.39 is 10.0 Å². The second-order valence-electron chi connectivity index (χ2n) is 4.64. The molecule has 6 heteroatoms. The summed E-state index contributed by atoms with van der Waals surface area (Å²) in [5.41, 5.74) is 0.702. The van der Waals surface area contributed by atoms with Crippen molar-refractivity contribution in [1.29, 1.82) is 0 Å². The minimum atomic E-state index is -3.50. The van der Waals surface area contributed by atoms with Gasteiger partial charge in [0, 0.05) is 13.2 Å². The molecule has 1 aromatic carbocycles. The summed E-state index contributed by atoms with van der Waals surface area (Å²) in [5, 5.41) is -0.250. The predicted molar refractivity (Wildman–Crippen MR) is 77.1 cm³/mol. The topological polar surface area (TPSA) is 55.4 Å². The van der Waals surface area contributed by atoms with Crippen molar-refractivity contribution < 1.29 is 13.2 Å². The van der Waals surface area contributed by atoms with E-state index in [0.29, 0.717) is 18.6 Å². The standard InChI is InChI=1S/C13H20ClNO3S/c1-10(2)15-19(16,17)13-7-5-4-6-11(13)8-12(14)9-18-3/h4-7,10,12,15H,8-9H2,1-3H3. The van der Waals surface area contributed by atoms with E-state index in [1.54, 1.807) is 45.2 Å². The third kappa shape index (κ3) is 5.10. The highest BCUT2D eigenvalue weighted by Crippen LogP contribution is 2.19. The monoisotopic (exact) mass is 305 g/mol. The van der Waals surface area contributed by atoms with E-state index in [9.17, 15) is 8.42 Å². The number of benzene rings is 1. The maximum Gasteiger partial charge on any atom is 0.241 e. The molecule has 108 valence electrons. The first-order valence-electron chi connectivity index (χ1n) is 6.10. The first-order chi connectivity index (χ1) is 8.86. The predicted octanol–water partition coefficient (Wildman–Crippen LogP) is 2.17. The molecule has 0 aromatic heterocycles. The number of methoxy groups -OCH3 is 1. The van der Waals surface area contributed by atoms with Crippen LogP contribution in [0, 0.1) is 0 Å². The third-order valence-corrected chi connectivity index (χ3v) is 4.48. The van der Waals surface area contributed by atoms with E-state index >= 15 is 0 Å². The van der Waals surface area contributed by atoms with Crippen LogP contribution < -0.4 is 4.72 Å². The van der Waals surface area contributed by atoms with Crippen LogP contribution in [0.15, 0.2) is 29.2 Å². The van der Waals surface area contributed by atoms with Crippen LogP contribution in [0.1, 0.15) is 19.4 Å². The van der Waals surface area contributed by atoms with Gasteiger partial charge in [0.1, 0.15) is 0 Å². The van der Waals surface area contributed by atoms with Gasteiger partial charge in [-0.25, -0.2) is 13.1 Å². The Bertz CT molecular complexity index is 502. The molecule has 0 amide bonds. The highest BCUT2D eigenvalue weighted by molar-refractivity contribution is 7.89. The van der Waals surface area contributed by atoms with Gasteiger partial charge in [-0.05, 0) is 31.9 Å². The fourth-order valence-electron chi connectivity index (χ4n) is 1.79. The van der Waals surface area contributed by atoms with E-state index in [0.717, 1.165) is 0 Å². The van der Waals surface area contributed by atoms with Gasteiger partial charge < -0.3 is 4.74 Å². The smallest absolute Gasteiger partial charge is 0.241 e. The maximum atomic E-state index is 12.2. The lowest BCUT2D eigenvalue weighted by molar-refractivity contribution is 0.197. The second kappa shape index (κ2) is 7.24. The number of sulfonamides is 1. The minimum absolute atomic E-state index is 0.149. The molecule has 1 atom stereocenters. The van der Waals surface area contributed by atoms with Crippen molar-refractivity contribution in [2.45, 2.75) is 36.6 Å². The quantitative estimate of drug-likeness (QED) is 0.786. The molecule has 19 heavy (non-hydrogen) atoms. The molecular formula is C13H20ClNO3S. The molecule has 0 saturated heterocycles. The van der Waals surface area contributed by atoms with Crippen molar-refractivity contribution in [3.05, 3.63) is 29.8 Å². The van der Waals surface area contributed by atoms with Crippen LogP contribution >= 0.6 is 11.6 Å². The largest absolute Gasteiger partial charge is 0.383 e. The van der Waals surface area contributed by atoms with Crippen LogP contribution in [-0.4, -0.2) is 33.6 Å². The van der Waals surface area contributed by atoms with Gasteiger partial charge in [0.05, 0.1) is 16.9 Å². The molecule has 0 aliphatic heterocycles. The lowest BCUT2D eigenvalue weighted by Gasteiger charge is -2.15. The summed E-state index contributed by atoms with van der Waals surface area (Å²) in [6, 6.07) is 6.73. The van der Waals surface area contributed by atoms with Crippen molar-refractivity contribution >= 4 is 21.6 Å². The third-order valence-electron chi connectivity index (χ3n) is 2.44. The van der Waals surface area contributed by atoms with E-state index in [-0.39, 0.29) is 16.3 Å². The minimum Gasteiger partial charge on any atom is -0.383 e. The molecule has 0 fully saturated rings. The van der Waals surface area contributed by atoms with Crippen LogP contribution in [0.2, 0.25) is 0 Å². The van der Waals surface area contributed by atoms with Crippen LogP contribution in [0.3, 0.4) is 0 Å². The number of rotatable bonds is 7. The van der Waals surface area contributed by atoms with Gasteiger partial charge in [0.25, 0.3) is 0 Å². The molecular weight excluding hydrogens is 286 g/mol. The van der Waals surface area contributed by atoms with E-state index in [4.69, 9.17) is 16.3 Å². The summed E-state index contributed by atoms with van der Waals surface area (Å²) in [5.74, 6) is 0. The van der Waals surface area contributed by atoms with Crippen LogP contribution in [0.4, 0.5) is 0 Å². The zero-order valence-electron chi connectivity index (χ0n) is 11.4. The Morgan fingerprint density at radius 1 is 1.32 bits per heavy atom. The molecule has 0 heterocycles. The van der Waals surface area contributed by atoms with Crippen LogP contribution in [0.25, 0.3) is 0 Å². The van der Waals surface area contributed by atoms with E-state index in [1.807, 2.05) is 0 Å². The average Bonchev–Trinajstić information content (AvgIpc) is 2.28. The lowest BCUT2D eigenvalue weighted by Crippen LogP contribution is -2.31. The number of hydrogen-bond donors (Lipinski definition) is 1.